The first-order valence-corrected chi connectivity index (χ1v) is 38.3. The molecule has 7 aliphatic rings. The minimum absolute atomic E-state index is 0.00637. The maximum atomic E-state index is 14.3. The standard InChI is InChI=1S/2C19H17F4NO3.2C17H13F2NO2.C17H15F2NO2/c2*1-9(25)16-8-14(12-4-3-11(20)7-15(12)21)13-5-6-17(27-18(13)24-16)10(2)26-19(22)23;2*1-8(21)13-7-11(10-3-2-9(18)6-12(10)19)16-14-4-5-15(22-14)17(16)20-13;1-9-3-5-13-14(12-6-4-11(18)7-15(12)19)8-16(10(2)21)20-17(13)22-9/h2*3-4,7-8,10,17,19H,5-6H2,1-2H3;2*2-3,6-7,14-15H,4-5H2,1H3;4,6-9H,3,5H2,1-2H3/t10-,17+;10-,17-;2*14-,15+;9-/m10100/s1. The minimum atomic E-state index is -2.94. The molecule has 5 aromatic heterocycles. The van der Waals surface area contributed by atoms with Gasteiger partial charge in [-0.25, -0.2) is 68.8 Å². The van der Waals surface area contributed by atoms with Crippen molar-refractivity contribution in [3.05, 3.63) is 247 Å². The smallest absolute Gasteiger partial charge is 0.345 e. The molecule has 0 amide bonds. The van der Waals surface area contributed by atoms with Crippen molar-refractivity contribution in [3.63, 3.8) is 0 Å². The Morgan fingerprint density at radius 2 is 0.592 bits per heavy atom. The SMILES string of the molecule is CC(=O)c1cc(-c2ccc(F)cc2F)c2c(n1)O[C@@H](C)CC2.CC(=O)c1cc(-c2ccc(F)cc2F)c2c(n1)O[C@H]([C@@H](C)OC(F)F)CC2.CC(=O)c1cc(-c2ccc(F)cc2F)c2c(n1)O[C@H]([C@H](C)OC(F)F)CC2.CC(=O)c1cc(-c2ccc(F)cc2F)c2c(n1)[C@@H]1CC[C@H]2O1.CC(=O)c1cc(-c2ccc(F)cc2F)c2c(n1)[C@H]1CC[C@@H]2O1. The molecule has 0 N–H and O–H groups in total. The maximum absolute atomic E-state index is 14.3. The summed E-state index contributed by atoms with van der Waals surface area (Å²) in [6.07, 6.45) is 2.63. The number of Topliss-reactive ketones (excluding diaryl/α,β-unsaturated/α-hetero) is 5. The molecule has 10 aromatic rings. The summed E-state index contributed by atoms with van der Waals surface area (Å²) >= 11 is 0. The third-order valence-corrected chi connectivity index (χ3v) is 21.3. The average molecular weight is 1670 g/mol. The van der Waals surface area contributed by atoms with Crippen molar-refractivity contribution in [3.8, 4) is 73.3 Å². The second-order valence-corrected chi connectivity index (χ2v) is 29.6. The fourth-order valence-corrected chi connectivity index (χ4v) is 15.4. The zero-order chi connectivity index (χ0) is 86.1. The van der Waals surface area contributed by atoms with Crippen molar-refractivity contribution < 1.29 is 119 Å². The quantitative estimate of drug-likeness (QED) is 0.0649. The van der Waals surface area contributed by atoms with E-state index in [2.05, 4.69) is 34.4 Å². The van der Waals surface area contributed by atoms with E-state index < -0.39 is 95.8 Å². The number of fused-ring (bicyclic) bond motifs is 13. The van der Waals surface area contributed by atoms with E-state index in [0.29, 0.717) is 76.9 Å². The number of alkyl halides is 4. The molecule has 0 saturated carbocycles. The number of carbonyl (C=O) groups is 5. The Kier molecular flexibility index (Phi) is 26.0. The van der Waals surface area contributed by atoms with Crippen LogP contribution in [0.2, 0.25) is 0 Å². The van der Waals surface area contributed by atoms with Gasteiger partial charge in [-0.2, -0.15) is 17.6 Å². The van der Waals surface area contributed by atoms with Gasteiger partial charge < -0.3 is 33.2 Å². The molecule has 7 aliphatic heterocycles. The molecule has 17 nitrogen and oxygen atoms in total. The van der Waals surface area contributed by atoms with Gasteiger partial charge in [0.2, 0.25) is 17.6 Å². The van der Waals surface area contributed by atoms with Crippen LogP contribution in [-0.4, -0.2) is 97.6 Å². The lowest BCUT2D eigenvalue weighted by molar-refractivity contribution is -0.180. The summed E-state index contributed by atoms with van der Waals surface area (Å²) in [6, 6.07) is 24.2. The second kappa shape index (κ2) is 36.2. The molecule has 2 saturated heterocycles. The number of hydrogen-bond acceptors (Lipinski definition) is 17. The van der Waals surface area contributed by atoms with Gasteiger partial charge in [0.1, 0.15) is 111 Å². The number of aromatic nitrogens is 5. The van der Waals surface area contributed by atoms with Gasteiger partial charge in [0.05, 0.1) is 41.9 Å². The number of halogens is 14. The molecule has 31 heteroatoms. The number of ether oxygens (including phenoxy) is 7. The molecule has 0 radical (unpaired) electrons. The van der Waals surface area contributed by atoms with Gasteiger partial charge in [0, 0.05) is 121 Å². The van der Waals surface area contributed by atoms with E-state index in [1.807, 2.05) is 6.92 Å². The fraction of sp³-hybridized carbons (Fsp3) is 0.326. The van der Waals surface area contributed by atoms with Crippen LogP contribution in [0.1, 0.15) is 216 Å². The zero-order valence-corrected chi connectivity index (χ0v) is 65.4. The van der Waals surface area contributed by atoms with Crippen molar-refractivity contribution in [2.24, 2.45) is 0 Å². The van der Waals surface area contributed by atoms with Gasteiger partial charge in [-0.15, -0.1) is 0 Å². The first-order valence-electron chi connectivity index (χ1n) is 38.3. The number of pyridine rings is 5. The van der Waals surface area contributed by atoms with Crippen LogP contribution in [0.3, 0.4) is 0 Å². The molecular weight excluding hydrogens is 1600 g/mol. The van der Waals surface area contributed by atoms with E-state index in [9.17, 15) is 85.4 Å². The van der Waals surface area contributed by atoms with Crippen LogP contribution >= 0.6 is 0 Å². The van der Waals surface area contributed by atoms with E-state index in [1.54, 1.807) is 18.2 Å². The molecule has 120 heavy (non-hydrogen) atoms. The summed E-state index contributed by atoms with van der Waals surface area (Å²) < 4.78 is 225. The third kappa shape index (κ3) is 18.9. The molecular formula is C89H75F14N5O12. The highest BCUT2D eigenvalue weighted by Gasteiger charge is 2.44. The van der Waals surface area contributed by atoms with Crippen LogP contribution in [0.5, 0.6) is 17.6 Å². The Morgan fingerprint density at radius 1 is 0.333 bits per heavy atom. The summed E-state index contributed by atoms with van der Waals surface area (Å²) in [6.45, 7) is 5.78. The number of hydrogen-bond donors (Lipinski definition) is 0. The fourth-order valence-electron chi connectivity index (χ4n) is 15.4. The highest BCUT2D eigenvalue weighted by Crippen LogP contribution is 2.55. The first-order chi connectivity index (χ1) is 57.0. The van der Waals surface area contributed by atoms with Crippen molar-refractivity contribution >= 4 is 28.9 Å². The number of nitrogens with zero attached hydrogens (tertiary/aromatic N) is 5. The molecule has 626 valence electrons. The molecule has 0 unspecified atom stereocenters. The van der Waals surface area contributed by atoms with E-state index >= 15 is 0 Å². The van der Waals surface area contributed by atoms with Gasteiger partial charge in [-0.1, -0.05) is 0 Å². The predicted octanol–water partition coefficient (Wildman–Crippen LogP) is 21.3. The van der Waals surface area contributed by atoms with Crippen LogP contribution < -0.4 is 14.2 Å². The number of rotatable bonds is 16. The average Bonchev–Trinajstić information content (AvgIpc) is 1.57. The van der Waals surface area contributed by atoms with Crippen LogP contribution in [0.25, 0.3) is 55.6 Å². The molecule has 2 fully saturated rings. The van der Waals surface area contributed by atoms with Crippen molar-refractivity contribution in [1.82, 2.24) is 24.9 Å². The molecule has 17 rings (SSSR count). The molecule has 9 atom stereocenters. The largest absolute Gasteiger partial charge is 0.474 e. The van der Waals surface area contributed by atoms with Gasteiger partial charge in [0.15, 0.2) is 28.9 Å². The first kappa shape index (κ1) is 86.3. The van der Waals surface area contributed by atoms with Crippen LogP contribution in [-0.2, 0) is 38.2 Å². The van der Waals surface area contributed by atoms with Crippen molar-refractivity contribution in [1.29, 1.82) is 0 Å². The lowest BCUT2D eigenvalue weighted by Gasteiger charge is -2.30. The van der Waals surface area contributed by atoms with E-state index in [4.69, 9.17) is 23.7 Å². The molecule has 0 aliphatic carbocycles. The Bertz CT molecular complexity index is 5420. The monoisotopic (exact) mass is 1670 g/mol. The van der Waals surface area contributed by atoms with Gasteiger partial charge in [-0.05, 0) is 204 Å². The Labute approximate surface area is 677 Å². The lowest BCUT2D eigenvalue weighted by atomic mass is 9.88. The molecule has 12 heterocycles. The highest BCUT2D eigenvalue weighted by molar-refractivity contribution is 5.97. The lowest BCUT2D eigenvalue weighted by Crippen LogP contribution is -2.36. The van der Waals surface area contributed by atoms with Gasteiger partial charge in [0.25, 0.3) is 0 Å². The topological polar surface area (TPSA) is 214 Å². The van der Waals surface area contributed by atoms with Crippen LogP contribution in [0.15, 0.2) is 121 Å². The summed E-state index contributed by atoms with van der Waals surface area (Å²) in [5, 5.41) is 0. The van der Waals surface area contributed by atoms with Crippen LogP contribution in [0.4, 0.5) is 61.5 Å². The predicted molar refractivity (Wildman–Crippen MR) is 407 cm³/mol. The Hall–Kier alpha value is -11.5. The molecule has 5 aromatic carbocycles. The van der Waals surface area contributed by atoms with Crippen molar-refractivity contribution in [2.45, 2.75) is 188 Å². The Morgan fingerprint density at radius 3 is 0.875 bits per heavy atom. The summed E-state index contributed by atoms with van der Waals surface area (Å²) in [4.78, 5) is 80.1. The highest BCUT2D eigenvalue weighted by atomic mass is 19.3. The number of benzene rings is 5. The normalized spacial score (nSPS) is 18.9. The van der Waals surface area contributed by atoms with Gasteiger partial charge in [-0.3, -0.25) is 24.0 Å². The molecule has 4 bridgehead atoms. The van der Waals surface area contributed by atoms with E-state index in [0.717, 1.165) is 103 Å². The zero-order valence-electron chi connectivity index (χ0n) is 65.4. The molecule has 0 spiro atoms. The third-order valence-electron chi connectivity index (χ3n) is 21.3. The van der Waals surface area contributed by atoms with Crippen molar-refractivity contribution in [2.75, 3.05) is 0 Å². The second-order valence-electron chi connectivity index (χ2n) is 29.6. The number of carbonyl (C=O) groups excluding carboxylic acids is 5. The maximum Gasteiger partial charge on any atom is 0.345 e. The van der Waals surface area contributed by atoms with E-state index in [-0.39, 0.29) is 127 Å². The van der Waals surface area contributed by atoms with Crippen LogP contribution in [0, 0.1) is 58.2 Å². The minimum Gasteiger partial charge on any atom is -0.474 e. The summed E-state index contributed by atoms with van der Waals surface area (Å²) in [5.74, 6) is -7.70. The Balaban J connectivity index is 0.000000130. The summed E-state index contributed by atoms with van der Waals surface area (Å²) in [5.41, 5.74) is 9.27. The van der Waals surface area contributed by atoms with E-state index in [1.165, 1.54) is 109 Å². The van der Waals surface area contributed by atoms with Gasteiger partial charge >= 0.3 is 13.2 Å². The summed E-state index contributed by atoms with van der Waals surface area (Å²) in [7, 11) is 0. The number of ketones is 5.